The number of hydrogen-bond donors (Lipinski definition) is 1. The van der Waals surface area contributed by atoms with Crippen LogP contribution in [-0.2, 0) is 4.74 Å². The summed E-state index contributed by atoms with van der Waals surface area (Å²) < 4.78 is 7.19. The maximum atomic E-state index is 12.7. The zero-order chi connectivity index (χ0) is 17.1. The first-order valence-electron chi connectivity index (χ1n) is 8.83. The Labute approximate surface area is 143 Å². The molecule has 2 aliphatic rings. The lowest BCUT2D eigenvalue weighted by Crippen LogP contribution is -2.41. The fourth-order valence-corrected chi connectivity index (χ4v) is 3.55. The molecule has 0 aromatic carbocycles. The molecule has 134 valence electrons. The molecule has 3 heterocycles. The highest BCUT2D eigenvalue weighted by molar-refractivity contribution is 5.93. The van der Waals surface area contributed by atoms with E-state index in [9.17, 15) is 9.90 Å². The van der Waals surface area contributed by atoms with Crippen LogP contribution < -0.4 is 0 Å². The van der Waals surface area contributed by atoms with E-state index in [-0.39, 0.29) is 24.5 Å². The predicted molar refractivity (Wildman–Crippen MR) is 89.8 cm³/mol. The van der Waals surface area contributed by atoms with Gasteiger partial charge in [0.15, 0.2) is 0 Å². The zero-order valence-corrected chi connectivity index (χ0v) is 14.6. The molecule has 0 spiro atoms. The minimum atomic E-state index is 0.0184. The molecule has 24 heavy (non-hydrogen) atoms. The second-order valence-corrected chi connectivity index (χ2v) is 7.13. The number of hydrogen-bond acceptors (Lipinski definition) is 5. The van der Waals surface area contributed by atoms with Crippen LogP contribution in [0.3, 0.4) is 0 Å². The lowest BCUT2D eigenvalue weighted by atomic mass is 9.96. The van der Waals surface area contributed by atoms with Crippen LogP contribution in [0.1, 0.15) is 30.2 Å². The third kappa shape index (κ3) is 3.79. The molecule has 0 bridgehead atoms. The van der Waals surface area contributed by atoms with Gasteiger partial charge >= 0.3 is 0 Å². The number of nitrogens with zero attached hydrogens (tertiary/aromatic N) is 4. The third-order valence-electron chi connectivity index (χ3n) is 5.07. The average molecular weight is 336 g/mol. The third-order valence-corrected chi connectivity index (χ3v) is 5.07. The van der Waals surface area contributed by atoms with Gasteiger partial charge < -0.3 is 14.7 Å². The van der Waals surface area contributed by atoms with Crippen molar-refractivity contribution in [1.82, 2.24) is 19.6 Å². The number of aliphatic hydroxyl groups is 1. The molecule has 7 nitrogen and oxygen atoms in total. The Balaban J connectivity index is 1.62. The number of rotatable bonds is 5. The molecule has 0 radical (unpaired) electrons. The highest BCUT2D eigenvalue weighted by atomic mass is 16.5. The quantitative estimate of drug-likeness (QED) is 0.847. The van der Waals surface area contributed by atoms with E-state index in [1.807, 2.05) is 24.9 Å². The number of aromatic nitrogens is 2. The summed E-state index contributed by atoms with van der Waals surface area (Å²) in [6.45, 7) is 9.86. The summed E-state index contributed by atoms with van der Waals surface area (Å²) in [5.41, 5.74) is 0.632. The second kappa shape index (κ2) is 7.63. The van der Waals surface area contributed by atoms with Gasteiger partial charge in [0.05, 0.1) is 25.0 Å². The molecule has 1 amide bonds. The summed E-state index contributed by atoms with van der Waals surface area (Å²) >= 11 is 0. The van der Waals surface area contributed by atoms with Crippen molar-refractivity contribution in [2.24, 2.45) is 11.8 Å². The van der Waals surface area contributed by atoms with Crippen LogP contribution in [0.15, 0.2) is 12.4 Å². The first kappa shape index (κ1) is 17.4. The van der Waals surface area contributed by atoms with Gasteiger partial charge in [-0.15, -0.1) is 0 Å². The molecule has 2 fully saturated rings. The van der Waals surface area contributed by atoms with E-state index in [0.29, 0.717) is 24.6 Å². The molecule has 1 N–H and O–H groups in total. The van der Waals surface area contributed by atoms with Crippen molar-refractivity contribution in [2.45, 2.75) is 19.9 Å². The maximum Gasteiger partial charge on any atom is 0.257 e. The van der Waals surface area contributed by atoms with Crippen LogP contribution in [0.4, 0.5) is 0 Å². The van der Waals surface area contributed by atoms with Crippen LogP contribution in [0.25, 0.3) is 0 Å². The average Bonchev–Trinajstić information content (AvgIpc) is 3.22. The molecule has 3 rings (SSSR count). The Kier molecular flexibility index (Phi) is 5.53. The fraction of sp³-hybridized carbons (Fsp3) is 0.765. The van der Waals surface area contributed by atoms with Gasteiger partial charge in [0, 0.05) is 57.5 Å². The van der Waals surface area contributed by atoms with Gasteiger partial charge in [-0.05, 0) is 19.8 Å². The number of ether oxygens (including phenoxy) is 1. The summed E-state index contributed by atoms with van der Waals surface area (Å²) in [4.78, 5) is 17.0. The second-order valence-electron chi connectivity index (χ2n) is 7.13. The van der Waals surface area contributed by atoms with E-state index in [1.165, 1.54) is 0 Å². The Morgan fingerprint density at radius 3 is 2.67 bits per heavy atom. The van der Waals surface area contributed by atoms with E-state index in [0.717, 1.165) is 32.8 Å². The van der Waals surface area contributed by atoms with Gasteiger partial charge in [-0.3, -0.25) is 14.4 Å². The minimum Gasteiger partial charge on any atom is -0.396 e. The van der Waals surface area contributed by atoms with Crippen LogP contribution >= 0.6 is 0 Å². The fourth-order valence-electron chi connectivity index (χ4n) is 3.55. The smallest absolute Gasteiger partial charge is 0.257 e. The SMILES string of the molecule is CC(C)n1cc(C(=O)N2C[C@@H](CN3CCOCC3)[C@@H](CO)C2)cn1. The summed E-state index contributed by atoms with van der Waals surface area (Å²) in [5.74, 6) is 0.485. The van der Waals surface area contributed by atoms with Crippen molar-refractivity contribution in [1.29, 1.82) is 0 Å². The Bertz CT molecular complexity index is 554. The highest BCUT2D eigenvalue weighted by Crippen LogP contribution is 2.26. The van der Waals surface area contributed by atoms with Crippen molar-refractivity contribution in [3.63, 3.8) is 0 Å². The standard InChI is InChI=1S/C17H28N4O3/c1-13(2)21-11-14(7-18-21)17(23)20-9-15(16(10-20)12-22)8-19-3-5-24-6-4-19/h7,11,13,15-16,22H,3-6,8-10,12H2,1-2H3/t15-,16-/m1/s1. The van der Waals surface area contributed by atoms with Crippen molar-refractivity contribution >= 4 is 5.91 Å². The Morgan fingerprint density at radius 2 is 2.04 bits per heavy atom. The Morgan fingerprint density at radius 1 is 1.33 bits per heavy atom. The van der Waals surface area contributed by atoms with Gasteiger partial charge in [0.25, 0.3) is 5.91 Å². The first-order valence-corrected chi connectivity index (χ1v) is 8.83. The molecule has 2 atom stereocenters. The summed E-state index contributed by atoms with van der Waals surface area (Å²) in [6.07, 6.45) is 3.46. The summed E-state index contributed by atoms with van der Waals surface area (Å²) in [6, 6.07) is 0.240. The molecular formula is C17H28N4O3. The highest BCUT2D eigenvalue weighted by Gasteiger charge is 2.36. The first-order chi connectivity index (χ1) is 11.6. The minimum absolute atomic E-state index is 0.0184. The van der Waals surface area contributed by atoms with Gasteiger partial charge in [0.2, 0.25) is 0 Å². The zero-order valence-electron chi connectivity index (χ0n) is 14.6. The van der Waals surface area contributed by atoms with Crippen molar-refractivity contribution in [3.05, 3.63) is 18.0 Å². The number of carbonyl (C=O) groups is 1. The van der Waals surface area contributed by atoms with Gasteiger partial charge in [-0.2, -0.15) is 5.10 Å². The van der Waals surface area contributed by atoms with Crippen LogP contribution in [0.2, 0.25) is 0 Å². The largest absolute Gasteiger partial charge is 0.396 e. The molecule has 2 saturated heterocycles. The molecular weight excluding hydrogens is 308 g/mol. The van der Waals surface area contributed by atoms with Crippen LogP contribution in [-0.4, -0.2) is 83.1 Å². The normalized spacial score (nSPS) is 25.6. The lowest BCUT2D eigenvalue weighted by Gasteiger charge is -2.30. The topological polar surface area (TPSA) is 70.8 Å². The molecule has 0 unspecified atom stereocenters. The number of morpholine rings is 1. The molecule has 1 aromatic heterocycles. The van der Waals surface area contributed by atoms with E-state index < -0.39 is 0 Å². The van der Waals surface area contributed by atoms with Crippen molar-refractivity contribution < 1.29 is 14.6 Å². The number of carbonyl (C=O) groups excluding carboxylic acids is 1. The van der Waals surface area contributed by atoms with Crippen LogP contribution in [0, 0.1) is 11.8 Å². The van der Waals surface area contributed by atoms with E-state index in [4.69, 9.17) is 4.74 Å². The maximum absolute atomic E-state index is 12.7. The monoisotopic (exact) mass is 336 g/mol. The van der Waals surface area contributed by atoms with Gasteiger partial charge in [-0.1, -0.05) is 0 Å². The molecule has 0 saturated carbocycles. The number of aliphatic hydroxyl groups excluding tert-OH is 1. The van der Waals surface area contributed by atoms with Crippen molar-refractivity contribution in [2.75, 3.05) is 52.5 Å². The molecule has 2 aliphatic heterocycles. The molecule has 7 heteroatoms. The number of likely N-dealkylation sites (tertiary alicyclic amines) is 1. The van der Waals surface area contributed by atoms with Gasteiger partial charge in [0.1, 0.15) is 0 Å². The predicted octanol–water partition coefficient (Wildman–Crippen LogP) is 0.477. The summed E-state index contributed by atoms with van der Waals surface area (Å²) in [5, 5.41) is 14.0. The van der Waals surface area contributed by atoms with E-state index in [1.54, 1.807) is 10.9 Å². The van der Waals surface area contributed by atoms with E-state index in [2.05, 4.69) is 10.00 Å². The van der Waals surface area contributed by atoms with Crippen LogP contribution in [0.5, 0.6) is 0 Å². The van der Waals surface area contributed by atoms with E-state index >= 15 is 0 Å². The number of amides is 1. The Hall–Kier alpha value is -1.44. The van der Waals surface area contributed by atoms with Gasteiger partial charge in [-0.25, -0.2) is 0 Å². The summed E-state index contributed by atoms with van der Waals surface area (Å²) in [7, 11) is 0. The molecule has 1 aromatic rings. The van der Waals surface area contributed by atoms with Crippen molar-refractivity contribution in [3.8, 4) is 0 Å². The molecule has 0 aliphatic carbocycles. The lowest BCUT2D eigenvalue weighted by molar-refractivity contribution is 0.0264.